The molecule has 0 fully saturated rings. The normalized spacial score (nSPS) is 14.1. The van der Waals surface area contributed by atoms with Gasteiger partial charge in [-0.25, -0.2) is 0 Å². The molecule has 2 N–H and O–H groups in total. The highest BCUT2D eigenvalue weighted by atomic mass is 32.2. The van der Waals surface area contributed by atoms with Crippen molar-refractivity contribution in [3.8, 4) is 0 Å². The Balaban J connectivity index is 2.28. The van der Waals surface area contributed by atoms with Crippen LogP contribution in [0.5, 0.6) is 0 Å². The quantitative estimate of drug-likeness (QED) is 0.485. The van der Waals surface area contributed by atoms with Crippen LogP contribution >= 0.6 is 11.8 Å². The van der Waals surface area contributed by atoms with Crippen LogP contribution in [0.3, 0.4) is 0 Å². The summed E-state index contributed by atoms with van der Waals surface area (Å²) in [6.45, 7) is 6.67. The van der Waals surface area contributed by atoms with Crippen LogP contribution < -0.4 is 5.32 Å². The number of hydrogen-bond donors (Lipinski definition) is 2. The fourth-order valence-electron chi connectivity index (χ4n) is 1.88. The molecule has 0 spiro atoms. The van der Waals surface area contributed by atoms with Crippen LogP contribution in [0, 0.1) is 0 Å². The summed E-state index contributed by atoms with van der Waals surface area (Å²) in [6.07, 6.45) is -0.452. The molecular weight excluding hydrogens is 286 g/mol. The third-order valence-electron chi connectivity index (χ3n) is 3.07. The van der Waals surface area contributed by atoms with Crippen LogP contribution in [-0.4, -0.2) is 50.4 Å². The van der Waals surface area contributed by atoms with E-state index in [2.05, 4.69) is 43.4 Å². The Morgan fingerprint density at radius 1 is 1.24 bits per heavy atom. The van der Waals surface area contributed by atoms with Crippen molar-refractivity contribution in [3.05, 3.63) is 29.8 Å². The van der Waals surface area contributed by atoms with Gasteiger partial charge in [0.1, 0.15) is 0 Å². The Morgan fingerprint density at radius 3 is 2.57 bits per heavy atom. The molecule has 0 aromatic heterocycles. The predicted octanol–water partition coefficient (Wildman–Crippen LogP) is 2.47. The lowest BCUT2D eigenvalue weighted by Gasteiger charge is -2.14. The predicted molar refractivity (Wildman–Crippen MR) is 88.0 cm³/mol. The minimum atomic E-state index is -0.452. The van der Waals surface area contributed by atoms with Crippen molar-refractivity contribution < 1.29 is 14.6 Å². The number of nitrogens with one attached hydrogen (secondary N) is 1. The minimum Gasteiger partial charge on any atom is -0.390 e. The molecule has 5 heteroatoms. The van der Waals surface area contributed by atoms with Gasteiger partial charge in [0, 0.05) is 23.8 Å². The van der Waals surface area contributed by atoms with E-state index in [-0.39, 0.29) is 0 Å². The number of rotatable bonds is 11. The van der Waals surface area contributed by atoms with Gasteiger partial charge in [0.05, 0.1) is 25.9 Å². The number of thioether (sulfide) groups is 1. The summed E-state index contributed by atoms with van der Waals surface area (Å²) in [4.78, 5) is 1.17. The lowest BCUT2D eigenvalue weighted by Crippen LogP contribution is -2.19. The van der Waals surface area contributed by atoms with E-state index >= 15 is 0 Å². The molecule has 0 aliphatic rings. The smallest absolute Gasteiger partial charge is 0.0867 e. The maximum atomic E-state index is 9.83. The average molecular weight is 313 g/mol. The molecule has 0 radical (unpaired) electrons. The van der Waals surface area contributed by atoms with Crippen molar-refractivity contribution >= 4 is 11.8 Å². The second-order valence-corrected chi connectivity index (χ2v) is 5.97. The van der Waals surface area contributed by atoms with Gasteiger partial charge in [-0.15, -0.1) is 11.8 Å². The van der Waals surface area contributed by atoms with Gasteiger partial charge in [0.2, 0.25) is 0 Å². The topological polar surface area (TPSA) is 50.7 Å². The molecule has 0 saturated heterocycles. The van der Waals surface area contributed by atoms with E-state index in [4.69, 9.17) is 9.47 Å². The Kier molecular flexibility index (Phi) is 9.70. The van der Waals surface area contributed by atoms with Gasteiger partial charge in [0.25, 0.3) is 0 Å². The zero-order valence-electron chi connectivity index (χ0n) is 13.2. The van der Waals surface area contributed by atoms with Crippen molar-refractivity contribution in [2.45, 2.75) is 30.9 Å². The van der Waals surface area contributed by atoms with Gasteiger partial charge in [-0.3, -0.25) is 0 Å². The molecule has 1 rings (SSSR count). The van der Waals surface area contributed by atoms with E-state index in [1.807, 2.05) is 0 Å². The highest BCUT2D eigenvalue weighted by Gasteiger charge is 2.07. The standard InChI is InChI=1S/C16H27NO3S/c1-4-17-13(2)14-5-7-16(8-6-14)21-12-15(18)11-20-10-9-19-3/h5-8,13,15,17-18H,4,9-12H2,1-3H3. The second-order valence-electron chi connectivity index (χ2n) is 4.88. The van der Waals surface area contributed by atoms with Crippen molar-refractivity contribution in [2.24, 2.45) is 0 Å². The molecule has 120 valence electrons. The van der Waals surface area contributed by atoms with Crippen molar-refractivity contribution in [3.63, 3.8) is 0 Å². The molecule has 0 saturated carbocycles. The monoisotopic (exact) mass is 313 g/mol. The van der Waals surface area contributed by atoms with Crippen molar-refractivity contribution in [1.29, 1.82) is 0 Å². The number of methoxy groups -OCH3 is 1. The third-order valence-corrected chi connectivity index (χ3v) is 4.23. The van der Waals surface area contributed by atoms with Gasteiger partial charge in [-0.2, -0.15) is 0 Å². The third kappa shape index (κ3) is 7.83. The molecule has 0 aliphatic heterocycles. The number of aliphatic hydroxyl groups is 1. The summed E-state index contributed by atoms with van der Waals surface area (Å²) in [5.74, 6) is 0.634. The number of hydrogen-bond acceptors (Lipinski definition) is 5. The molecule has 0 aliphatic carbocycles. The Morgan fingerprint density at radius 2 is 1.95 bits per heavy atom. The largest absolute Gasteiger partial charge is 0.390 e. The van der Waals surface area contributed by atoms with Crippen LogP contribution in [0.15, 0.2) is 29.2 Å². The number of aliphatic hydroxyl groups excluding tert-OH is 1. The molecule has 1 aromatic rings. The summed E-state index contributed by atoms with van der Waals surface area (Å²) in [6, 6.07) is 8.85. The van der Waals surface area contributed by atoms with Crippen molar-refractivity contribution in [1.82, 2.24) is 5.32 Å². The van der Waals surface area contributed by atoms with Gasteiger partial charge in [0.15, 0.2) is 0 Å². The summed E-state index contributed by atoms with van der Waals surface area (Å²) in [7, 11) is 1.64. The molecule has 21 heavy (non-hydrogen) atoms. The molecule has 4 nitrogen and oxygen atoms in total. The Bertz CT molecular complexity index is 372. The summed E-state index contributed by atoms with van der Waals surface area (Å²) in [5.41, 5.74) is 1.28. The van der Waals surface area contributed by atoms with E-state index in [1.54, 1.807) is 18.9 Å². The molecule has 1 aromatic carbocycles. The molecule has 2 atom stereocenters. The Labute approximate surface area is 132 Å². The van der Waals surface area contributed by atoms with Gasteiger partial charge < -0.3 is 19.9 Å². The fraction of sp³-hybridized carbons (Fsp3) is 0.625. The van der Waals surface area contributed by atoms with Gasteiger partial charge >= 0.3 is 0 Å². The maximum absolute atomic E-state index is 9.83. The first-order chi connectivity index (χ1) is 10.2. The summed E-state index contributed by atoms with van der Waals surface area (Å²) >= 11 is 1.64. The molecule has 0 amide bonds. The van der Waals surface area contributed by atoms with Crippen LogP contribution in [0.2, 0.25) is 0 Å². The first-order valence-corrected chi connectivity index (χ1v) is 8.36. The van der Waals surface area contributed by atoms with E-state index < -0.39 is 6.10 Å². The average Bonchev–Trinajstić information content (AvgIpc) is 2.50. The zero-order chi connectivity index (χ0) is 15.5. The second kappa shape index (κ2) is 11.0. The summed E-state index contributed by atoms with van der Waals surface area (Å²) in [5, 5.41) is 13.2. The summed E-state index contributed by atoms with van der Waals surface area (Å²) < 4.78 is 10.2. The lowest BCUT2D eigenvalue weighted by atomic mass is 10.1. The molecule has 2 unspecified atom stereocenters. The number of ether oxygens (including phenoxy) is 2. The number of benzene rings is 1. The lowest BCUT2D eigenvalue weighted by molar-refractivity contribution is 0.0218. The van der Waals surface area contributed by atoms with E-state index in [0.29, 0.717) is 31.6 Å². The Hall–Kier alpha value is -0.590. The van der Waals surface area contributed by atoms with Gasteiger partial charge in [-0.05, 0) is 31.2 Å². The molecule has 0 bridgehead atoms. The molecular formula is C16H27NO3S. The minimum absolute atomic E-state index is 0.353. The first kappa shape index (κ1) is 18.5. The van der Waals surface area contributed by atoms with Crippen LogP contribution in [-0.2, 0) is 9.47 Å². The van der Waals surface area contributed by atoms with Crippen molar-refractivity contribution in [2.75, 3.05) is 39.2 Å². The highest BCUT2D eigenvalue weighted by Crippen LogP contribution is 2.21. The van der Waals surface area contributed by atoms with Gasteiger partial charge in [-0.1, -0.05) is 19.1 Å². The highest BCUT2D eigenvalue weighted by molar-refractivity contribution is 7.99. The van der Waals surface area contributed by atoms with Crippen LogP contribution in [0.4, 0.5) is 0 Å². The van der Waals surface area contributed by atoms with E-state index in [9.17, 15) is 5.11 Å². The first-order valence-electron chi connectivity index (χ1n) is 7.38. The maximum Gasteiger partial charge on any atom is 0.0867 e. The van der Waals surface area contributed by atoms with Crippen LogP contribution in [0.25, 0.3) is 0 Å². The van der Waals surface area contributed by atoms with E-state index in [0.717, 1.165) is 6.54 Å². The SMILES string of the molecule is CCNC(C)c1ccc(SCC(O)COCCOC)cc1. The fourth-order valence-corrected chi connectivity index (χ4v) is 2.69. The van der Waals surface area contributed by atoms with Crippen LogP contribution in [0.1, 0.15) is 25.5 Å². The molecule has 0 heterocycles. The van der Waals surface area contributed by atoms with E-state index in [1.165, 1.54) is 10.5 Å². The zero-order valence-corrected chi connectivity index (χ0v) is 14.0.